The summed E-state index contributed by atoms with van der Waals surface area (Å²) in [5, 5.41) is 2.36. The molecule has 0 atom stereocenters. The van der Waals surface area contributed by atoms with E-state index < -0.39 is 22.7 Å². The Bertz CT molecular complexity index is 777. The summed E-state index contributed by atoms with van der Waals surface area (Å²) in [6.07, 6.45) is 0.185. The molecule has 1 aliphatic heterocycles. The lowest BCUT2D eigenvalue weighted by Gasteiger charge is -2.32. The van der Waals surface area contributed by atoms with E-state index in [1.807, 2.05) is 4.90 Å². The van der Waals surface area contributed by atoms with E-state index >= 15 is 0 Å². The van der Waals surface area contributed by atoms with Crippen LogP contribution in [0.1, 0.15) is 28.8 Å². The van der Waals surface area contributed by atoms with E-state index in [1.165, 1.54) is 0 Å². The first kappa shape index (κ1) is 18.4. The molecule has 0 bridgehead atoms. The van der Waals surface area contributed by atoms with Crippen LogP contribution in [0.25, 0.3) is 0 Å². The Morgan fingerprint density at radius 3 is 2.42 bits per heavy atom. The third-order valence-electron chi connectivity index (χ3n) is 4.20. The van der Waals surface area contributed by atoms with Crippen molar-refractivity contribution in [2.75, 3.05) is 18.0 Å². The minimum Gasteiger partial charge on any atom is -0.349 e. The van der Waals surface area contributed by atoms with Crippen molar-refractivity contribution in [3.63, 3.8) is 0 Å². The molecule has 1 amide bonds. The second-order valence-corrected chi connectivity index (χ2v) is 6.38. The van der Waals surface area contributed by atoms with Crippen LogP contribution in [0.5, 0.6) is 0 Å². The van der Waals surface area contributed by atoms with E-state index in [-0.39, 0.29) is 11.6 Å². The van der Waals surface area contributed by atoms with Gasteiger partial charge < -0.3 is 10.2 Å². The summed E-state index contributed by atoms with van der Waals surface area (Å²) in [5.74, 6) is 0.210. The molecule has 138 valence electrons. The fraction of sp³-hybridized carbons (Fsp3) is 0.353. The van der Waals surface area contributed by atoms with Gasteiger partial charge in [0.15, 0.2) is 0 Å². The van der Waals surface area contributed by atoms with Crippen LogP contribution < -0.4 is 10.2 Å². The van der Waals surface area contributed by atoms with Crippen LogP contribution in [0, 0.1) is 0 Å². The average molecular weight is 385 g/mol. The van der Waals surface area contributed by atoms with Crippen molar-refractivity contribution < 1.29 is 18.0 Å². The van der Waals surface area contributed by atoms with Gasteiger partial charge in [-0.3, -0.25) is 4.79 Å². The van der Waals surface area contributed by atoms with Gasteiger partial charge in [-0.1, -0.05) is 11.6 Å². The Hall–Kier alpha value is -2.35. The molecule has 5 nitrogen and oxygen atoms in total. The van der Waals surface area contributed by atoms with Crippen LogP contribution in [0.15, 0.2) is 36.7 Å². The van der Waals surface area contributed by atoms with E-state index in [1.54, 1.807) is 18.5 Å². The molecule has 2 heterocycles. The highest BCUT2D eigenvalue weighted by Crippen LogP contribution is 2.35. The average Bonchev–Trinajstić information content (AvgIpc) is 2.62. The monoisotopic (exact) mass is 384 g/mol. The number of alkyl halides is 3. The third-order valence-corrected chi connectivity index (χ3v) is 4.51. The first-order valence-electron chi connectivity index (χ1n) is 8.04. The number of benzene rings is 1. The van der Waals surface area contributed by atoms with E-state index in [0.29, 0.717) is 31.9 Å². The molecule has 1 aromatic carbocycles. The lowest BCUT2D eigenvalue weighted by Crippen LogP contribution is -2.45. The number of nitrogens with zero attached hydrogens (tertiary/aromatic N) is 3. The van der Waals surface area contributed by atoms with Gasteiger partial charge in [-0.2, -0.15) is 13.2 Å². The molecule has 1 aromatic heterocycles. The van der Waals surface area contributed by atoms with Gasteiger partial charge in [0.1, 0.15) is 0 Å². The summed E-state index contributed by atoms with van der Waals surface area (Å²) < 4.78 is 38.2. The van der Waals surface area contributed by atoms with Crippen molar-refractivity contribution in [2.45, 2.75) is 25.1 Å². The normalized spacial score (nSPS) is 15.8. The van der Waals surface area contributed by atoms with E-state index in [9.17, 15) is 18.0 Å². The Balaban J connectivity index is 1.59. The Morgan fingerprint density at radius 2 is 1.85 bits per heavy atom. The molecule has 0 radical (unpaired) electrons. The summed E-state index contributed by atoms with van der Waals surface area (Å²) in [4.78, 5) is 22.7. The van der Waals surface area contributed by atoms with Gasteiger partial charge in [0.2, 0.25) is 5.95 Å². The Morgan fingerprint density at radius 1 is 1.19 bits per heavy atom. The number of amides is 1. The Kier molecular flexibility index (Phi) is 5.31. The number of anilines is 1. The minimum absolute atomic E-state index is 0.0662. The van der Waals surface area contributed by atoms with Crippen molar-refractivity contribution in [3.8, 4) is 0 Å². The molecular formula is C17H16ClF3N4O. The smallest absolute Gasteiger partial charge is 0.349 e. The van der Waals surface area contributed by atoms with Crippen molar-refractivity contribution in [3.05, 3.63) is 52.8 Å². The topological polar surface area (TPSA) is 58.1 Å². The molecule has 2 aromatic rings. The van der Waals surface area contributed by atoms with Gasteiger partial charge in [0.25, 0.3) is 5.91 Å². The molecular weight excluding hydrogens is 369 g/mol. The predicted molar refractivity (Wildman–Crippen MR) is 91.2 cm³/mol. The predicted octanol–water partition coefficient (Wildman–Crippen LogP) is 3.55. The maximum Gasteiger partial charge on any atom is 0.417 e. The second kappa shape index (κ2) is 7.49. The lowest BCUT2D eigenvalue weighted by atomic mass is 10.0. The maximum atomic E-state index is 12.7. The van der Waals surface area contributed by atoms with Gasteiger partial charge >= 0.3 is 6.18 Å². The van der Waals surface area contributed by atoms with E-state index in [0.717, 1.165) is 18.2 Å². The first-order valence-corrected chi connectivity index (χ1v) is 8.42. The zero-order chi connectivity index (χ0) is 18.7. The number of halogens is 4. The van der Waals surface area contributed by atoms with Gasteiger partial charge in [-0.15, -0.1) is 0 Å². The summed E-state index contributed by atoms with van der Waals surface area (Å²) >= 11 is 5.67. The molecule has 1 fully saturated rings. The molecule has 9 heteroatoms. The standard InChI is InChI=1S/C17H16ClF3N4O/c18-14-10-11(2-3-13(14)17(19,20)21)15(26)24-12-4-8-25(9-5-12)16-22-6-1-7-23-16/h1-3,6-7,10,12H,4-5,8-9H2,(H,24,26). The number of nitrogens with one attached hydrogen (secondary N) is 1. The SMILES string of the molecule is O=C(NC1CCN(c2ncccn2)CC1)c1ccc(C(F)(F)F)c(Cl)c1. The van der Waals surface area contributed by atoms with Crippen molar-refractivity contribution in [2.24, 2.45) is 0 Å². The molecule has 0 aliphatic carbocycles. The number of aromatic nitrogens is 2. The fourth-order valence-electron chi connectivity index (χ4n) is 2.83. The third kappa shape index (κ3) is 4.24. The summed E-state index contributed by atoms with van der Waals surface area (Å²) in [5.41, 5.74) is -0.844. The van der Waals surface area contributed by atoms with Crippen LogP contribution >= 0.6 is 11.6 Å². The number of piperidine rings is 1. The number of hydrogen-bond donors (Lipinski definition) is 1. The Labute approximate surface area is 153 Å². The number of carbonyl (C=O) groups excluding carboxylic acids is 1. The summed E-state index contributed by atoms with van der Waals surface area (Å²) in [6, 6.07) is 4.69. The molecule has 1 N–H and O–H groups in total. The molecule has 1 saturated heterocycles. The van der Waals surface area contributed by atoms with Gasteiger partial charge in [-0.05, 0) is 37.1 Å². The zero-order valence-electron chi connectivity index (χ0n) is 13.6. The number of carbonyl (C=O) groups is 1. The van der Waals surface area contributed by atoms with Crippen LogP contribution in [0.4, 0.5) is 19.1 Å². The van der Waals surface area contributed by atoms with Gasteiger partial charge in [0, 0.05) is 37.1 Å². The van der Waals surface area contributed by atoms with Crippen molar-refractivity contribution in [1.82, 2.24) is 15.3 Å². The quantitative estimate of drug-likeness (QED) is 0.879. The van der Waals surface area contributed by atoms with Crippen molar-refractivity contribution >= 4 is 23.5 Å². The molecule has 26 heavy (non-hydrogen) atoms. The van der Waals surface area contributed by atoms with E-state index in [2.05, 4.69) is 15.3 Å². The largest absolute Gasteiger partial charge is 0.417 e. The molecule has 1 aliphatic rings. The second-order valence-electron chi connectivity index (χ2n) is 5.98. The maximum absolute atomic E-state index is 12.7. The fourth-order valence-corrected chi connectivity index (χ4v) is 3.12. The van der Waals surface area contributed by atoms with E-state index in [4.69, 9.17) is 11.6 Å². The number of hydrogen-bond acceptors (Lipinski definition) is 4. The molecule has 3 rings (SSSR count). The van der Waals surface area contributed by atoms with Gasteiger partial charge in [-0.25, -0.2) is 9.97 Å². The minimum atomic E-state index is -4.54. The molecule has 0 saturated carbocycles. The molecule has 0 spiro atoms. The summed E-state index contributed by atoms with van der Waals surface area (Å²) in [7, 11) is 0. The van der Waals surface area contributed by atoms with Crippen LogP contribution in [0.3, 0.4) is 0 Å². The highest BCUT2D eigenvalue weighted by molar-refractivity contribution is 6.31. The highest BCUT2D eigenvalue weighted by atomic mass is 35.5. The van der Waals surface area contributed by atoms with Gasteiger partial charge in [0.05, 0.1) is 10.6 Å². The highest BCUT2D eigenvalue weighted by Gasteiger charge is 2.33. The van der Waals surface area contributed by atoms with Crippen LogP contribution in [0.2, 0.25) is 5.02 Å². The zero-order valence-corrected chi connectivity index (χ0v) is 14.4. The first-order chi connectivity index (χ1) is 12.3. The molecule has 0 unspecified atom stereocenters. The van der Waals surface area contributed by atoms with Crippen LogP contribution in [-0.2, 0) is 6.18 Å². The van der Waals surface area contributed by atoms with Crippen LogP contribution in [-0.4, -0.2) is 35.0 Å². The summed E-state index contributed by atoms with van der Waals surface area (Å²) in [6.45, 7) is 1.37. The van der Waals surface area contributed by atoms with Crippen molar-refractivity contribution in [1.29, 1.82) is 0 Å². The lowest BCUT2D eigenvalue weighted by molar-refractivity contribution is -0.137. The number of rotatable bonds is 3.